The van der Waals surface area contributed by atoms with E-state index in [2.05, 4.69) is 11.2 Å². The fourth-order valence-electron chi connectivity index (χ4n) is 2.11. The van der Waals surface area contributed by atoms with Crippen LogP contribution in [0.4, 0.5) is 0 Å². The monoisotopic (exact) mass is 249 g/mol. The lowest BCUT2D eigenvalue weighted by atomic mass is 10.0. The van der Waals surface area contributed by atoms with Crippen LogP contribution in [0.15, 0.2) is 29.2 Å². The Morgan fingerprint density at radius 3 is 2.88 bits per heavy atom. The van der Waals surface area contributed by atoms with Crippen LogP contribution in [0.5, 0.6) is 0 Å². The van der Waals surface area contributed by atoms with Gasteiger partial charge in [-0.05, 0) is 25.0 Å². The van der Waals surface area contributed by atoms with Gasteiger partial charge in [-0.25, -0.2) is 8.42 Å². The van der Waals surface area contributed by atoms with Crippen LogP contribution in [0.25, 0.3) is 0 Å². The number of sulfone groups is 1. The van der Waals surface area contributed by atoms with Crippen LogP contribution in [0, 0.1) is 12.3 Å². The molecule has 2 rings (SSSR count). The Hall–Kier alpha value is -1.31. The average molecular weight is 249 g/mol. The minimum absolute atomic E-state index is 0.0285. The predicted octanol–water partition coefficient (Wildman–Crippen LogP) is 1.52. The summed E-state index contributed by atoms with van der Waals surface area (Å²) in [4.78, 5) is 0.438. The van der Waals surface area contributed by atoms with Crippen molar-refractivity contribution in [3.8, 4) is 12.3 Å². The zero-order valence-electron chi connectivity index (χ0n) is 9.68. The van der Waals surface area contributed by atoms with Crippen LogP contribution in [-0.4, -0.2) is 20.2 Å². The second-order valence-electron chi connectivity index (χ2n) is 4.25. The summed E-state index contributed by atoms with van der Waals surface area (Å²) >= 11 is 0. The highest BCUT2D eigenvalue weighted by atomic mass is 32.2. The van der Waals surface area contributed by atoms with E-state index in [1.165, 1.54) is 0 Å². The second-order valence-corrected chi connectivity index (χ2v) is 6.33. The first-order valence-corrected chi connectivity index (χ1v) is 7.23. The Labute approximate surface area is 102 Å². The van der Waals surface area contributed by atoms with Crippen LogP contribution in [0.2, 0.25) is 0 Å². The van der Waals surface area contributed by atoms with E-state index in [4.69, 9.17) is 6.42 Å². The molecule has 90 valence electrons. The molecular weight excluding hydrogens is 234 g/mol. The second kappa shape index (κ2) is 4.52. The lowest BCUT2D eigenvalue weighted by Crippen LogP contribution is -2.34. The average Bonchev–Trinajstić information content (AvgIpc) is 2.33. The van der Waals surface area contributed by atoms with Crippen LogP contribution in [0.1, 0.15) is 24.9 Å². The summed E-state index contributed by atoms with van der Waals surface area (Å²) in [5, 5.41) is 3.26. The van der Waals surface area contributed by atoms with E-state index in [9.17, 15) is 8.42 Å². The molecule has 0 radical (unpaired) electrons. The fourth-order valence-corrected chi connectivity index (χ4v) is 3.73. The van der Waals surface area contributed by atoms with Crippen molar-refractivity contribution in [2.24, 2.45) is 0 Å². The Morgan fingerprint density at radius 1 is 1.47 bits per heavy atom. The van der Waals surface area contributed by atoms with E-state index in [-0.39, 0.29) is 17.8 Å². The maximum absolute atomic E-state index is 11.9. The lowest BCUT2D eigenvalue weighted by Gasteiger charge is -2.27. The summed E-state index contributed by atoms with van der Waals surface area (Å²) in [7, 11) is -3.11. The molecule has 4 heteroatoms. The number of nitrogens with one attached hydrogen (secondary N) is 1. The quantitative estimate of drug-likeness (QED) is 0.808. The summed E-state index contributed by atoms with van der Waals surface area (Å²) < 4.78 is 23.8. The molecule has 0 spiro atoms. The highest BCUT2D eigenvalue weighted by molar-refractivity contribution is 7.91. The topological polar surface area (TPSA) is 46.2 Å². The van der Waals surface area contributed by atoms with Gasteiger partial charge in [0.2, 0.25) is 0 Å². The summed E-state index contributed by atoms with van der Waals surface area (Å²) in [5.74, 6) is 2.78. The van der Waals surface area contributed by atoms with Crippen molar-refractivity contribution >= 4 is 9.84 Å². The molecule has 1 aromatic carbocycles. The van der Waals surface area contributed by atoms with Gasteiger partial charge in [0.05, 0.1) is 16.7 Å². The Kier molecular flexibility index (Phi) is 3.23. The molecule has 2 unspecified atom stereocenters. The molecule has 0 bridgehead atoms. The highest BCUT2D eigenvalue weighted by Crippen LogP contribution is 2.31. The van der Waals surface area contributed by atoms with Gasteiger partial charge in [-0.2, -0.15) is 0 Å². The molecule has 0 saturated heterocycles. The number of hydrogen-bond donors (Lipinski definition) is 1. The van der Waals surface area contributed by atoms with Gasteiger partial charge >= 0.3 is 0 Å². The van der Waals surface area contributed by atoms with E-state index >= 15 is 0 Å². The van der Waals surface area contributed by atoms with Gasteiger partial charge in [-0.15, -0.1) is 6.42 Å². The smallest absolute Gasteiger partial charge is 0.178 e. The van der Waals surface area contributed by atoms with Gasteiger partial charge in [-0.3, -0.25) is 5.32 Å². The molecule has 3 nitrogen and oxygen atoms in total. The van der Waals surface area contributed by atoms with Crippen molar-refractivity contribution in [2.75, 3.05) is 5.75 Å². The molecule has 0 aliphatic carbocycles. The molecule has 0 fully saturated rings. The number of benzene rings is 1. The van der Waals surface area contributed by atoms with Gasteiger partial charge in [0, 0.05) is 6.04 Å². The number of hydrogen-bond acceptors (Lipinski definition) is 3. The molecule has 1 aliphatic rings. The molecule has 1 heterocycles. The van der Waals surface area contributed by atoms with Crippen LogP contribution < -0.4 is 5.32 Å². The maximum Gasteiger partial charge on any atom is 0.178 e. The van der Waals surface area contributed by atoms with Crippen LogP contribution in [0.3, 0.4) is 0 Å². The molecule has 17 heavy (non-hydrogen) atoms. The van der Waals surface area contributed by atoms with E-state index in [1.807, 2.05) is 19.1 Å². The van der Waals surface area contributed by atoms with Crippen molar-refractivity contribution in [3.63, 3.8) is 0 Å². The normalized spacial score (nSPS) is 23.4. The van der Waals surface area contributed by atoms with Crippen molar-refractivity contribution in [1.82, 2.24) is 5.32 Å². The van der Waals surface area contributed by atoms with E-state index in [1.54, 1.807) is 12.1 Å². The molecule has 1 N–H and O–H groups in total. The van der Waals surface area contributed by atoms with Gasteiger partial charge in [0.25, 0.3) is 0 Å². The third-order valence-electron chi connectivity index (χ3n) is 3.01. The van der Waals surface area contributed by atoms with Crippen LogP contribution >= 0.6 is 0 Å². The number of fused-ring (bicyclic) bond motifs is 1. The highest BCUT2D eigenvalue weighted by Gasteiger charge is 2.29. The first-order chi connectivity index (χ1) is 8.04. The minimum atomic E-state index is -3.11. The SMILES string of the molecule is C#CC(C)NC1CCS(=O)(=O)c2ccccc21. The third-order valence-corrected chi connectivity index (χ3v) is 4.82. The Bertz CT molecular complexity index is 557. The summed E-state index contributed by atoms with van der Waals surface area (Å²) in [5.41, 5.74) is 0.834. The summed E-state index contributed by atoms with van der Waals surface area (Å²) in [6, 6.07) is 7.10. The van der Waals surface area contributed by atoms with Crippen LogP contribution in [-0.2, 0) is 9.84 Å². The van der Waals surface area contributed by atoms with Gasteiger partial charge in [0.1, 0.15) is 0 Å². The molecule has 1 aliphatic heterocycles. The summed E-state index contributed by atoms with van der Waals surface area (Å²) in [6.07, 6.45) is 5.91. The lowest BCUT2D eigenvalue weighted by molar-refractivity contribution is 0.475. The number of rotatable bonds is 2. The molecule has 2 atom stereocenters. The Balaban J connectivity index is 2.39. The van der Waals surface area contributed by atoms with E-state index in [0.717, 1.165) is 5.56 Å². The molecule has 0 aromatic heterocycles. The molecule has 0 amide bonds. The fraction of sp³-hybridized carbons (Fsp3) is 0.385. The zero-order chi connectivity index (χ0) is 12.5. The molecule has 0 saturated carbocycles. The van der Waals surface area contributed by atoms with Gasteiger partial charge in [-0.1, -0.05) is 24.1 Å². The Morgan fingerprint density at radius 2 is 2.18 bits per heavy atom. The molecular formula is C13H15NO2S. The van der Waals surface area contributed by atoms with E-state index in [0.29, 0.717) is 11.3 Å². The van der Waals surface area contributed by atoms with Gasteiger partial charge < -0.3 is 0 Å². The van der Waals surface area contributed by atoms with Crippen molar-refractivity contribution < 1.29 is 8.42 Å². The van der Waals surface area contributed by atoms with Crippen molar-refractivity contribution in [3.05, 3.63) is 29.8 Å². The van der Waals surface area contributed by atoms with Crippen molar-refractivity contribution in [2.45, 2.75) is 30.3 Å². The van der Waals surface area contributed by atoms with Gasteiger partial charge in [0.15, 0.2) is 9.84 Å². The standard InChI is InChI=1S/C13H15NO2S/c1-3-10(2)14-12-8-9-17(15,16)13-7-5-4-6-11(12)13/h1,4-7,10,12,14H,8-9H2,2H3. The maximum atomic E-state index is 11.9. The zero-order valence-corrected chi connectivity index (χ0v) is 10.5. The largest absolute Gasteiger partial charge is 0.297 e. The van der Waals surface area contributed by atoms with E-state index < -0.39 is 9.84 Å². The number of terminal acetylenes is 1. The molecule has 1 aromatic rings. The third kappa shape index (κ3) is 2.36. The minimum Gasteiger partial charge on any atom is -0.297 e. The first kappa shape index (κ1) is 12.2. The summed E-state index contributed by atoms with van der Waals surface area (Å²) in [6.45, 7) is 1.89. The first-order valence-electron chi connectivity index (χ1n) is 5.58. The predicted molar refractivity (Wildman–Crippen MR) is 67.3 cm³/mol. The van der Waals surface area contributed by atoms with Crippen molar-refractivity contribution in [1.29, 1.82) is 0 Å².